The Bertz CT molecular complexity index is 988. The van der Waals surface area contributed by atoms with Crippen LogP contribution < -0.4 is 9.62 Å². The number of carbonyl (C=O) groups is 2. The summed E-state index contributed by atoms with van der Waals surface area (Å²) in [7, 11) is -4.06. The number of hydrogen-bond acceptors (Lipinski definition) is 4. The molecule has 0 saturated carbocycles. The van der Waals surface area contributed by atoms with Crippen molar-refractivity contribution >= 4 is 27.6 Å². The smallest absolute Gasteiger partial charge is 0.326 e. The van der Waals surface area contributed by atoms with E-state index >= 15 is 0 Å². The molecular weight excluding hydrogens is 368 g/mol. The standard InChI is InChI=1S/C19H20N2O5S/c1-12-10-15-11-16(8-9-17(15)21(12)13(2)22)27(25,26)20-18(19(23)24)14-6-4-3-5-7-14/h3-9,11-12,18,20H,10H2,1-2H3,(H,23,24)/t12?,18-/m1/s1. The topological polar surface area (TPSA) is 104 Å². The third kappa shape index (κ3) is 3.72. The summed E-state index contributed by atoms with van der Waals surface area (Å²) in [5, 5.41) is 9.45. The van der Waals surface area contributed by atoms with Crippen molar-refractivity contribution in [2.45, 2.75) is 37.2 Å². The Morgan fingerprint density at radius 1 is 1.19 bits per heavy atom. The minimum Gasteiger partial charge on any atom is -0.480 e. The Morgan fingerprint density at radius 3 is 2.44 bits per heavy atom. The van der Waals surface area contributed by atoms with Crippen molar-refractivity contribution in [3.63, 3.8) is 0 Å². The molecule has 2 aromatic rings. The third-order valence-electron chi connectivity index (χ3n) is 4.57. The second-order valence-electron chi connectivity index (χ2n) is 6.54. The average Bonchev–Trinajstić information content (AvgIpc) is 2.95. The molecule has 0 aromatic heterocycles. The lowest BCUT2D eigenvalue weighted by molar-refractivity contribution is -0.139. The fourth-order valence-corrected chi connectivity index (χ4v) is 4.61. The maximum absolute atomic E-state index is 12.8. The highest BCUT2D eigenvalue weighted by atomic mass is 32.2. The van der Waals surface area contributed by atoms with Crippen molar-refractivity contribution in [3.8, 4) is 0 Å². The molecule has 1 amide bonds. The van der Waals surface area contributed by atoms with Crippen LogP contribution in [0.1, 0.15) is 31.0 Å². The second-order valence-corrected chi connectivity index (χ2v) is 8.25. The van der Waals surface area contributed by atoms with Gasteiger partial charge >= 0.3 is 5.97 Å². The summed E-state index contributed by atoms with van der Waals surface area (Å²) in [5.41, 5.74) is 1.77. The molecule has 2 N–H and O–H groups in total. The van der Waals surface area contributed by atoms with Crippen LogP contribution in [0.2, 0.25) is 0 Å². The summed E-state index contributed by atoms with van der Waals surface area (Å²) in [5.74, 6) is -1.40. The van der Waals surface area contributed by atoms with Gasteiger partial charge in [0.05, 0.1) is 4.90 Å². The van der Waals surface area contributed by atoms with Crippen molar-refractivity contribution in [1.82, 2.24) is 4.72 Å². The quantitative estimate of drug-likeness (QED) is 0.816. The largest absolute Gasteiger partial charge is 0.480 e. The number of sulfonamides is 1. The Kier molecular flexibility index (Phi) is 5.03. The lowest BCUT2D eigenvalue weighted by Gasteiger charge is -2.20. The number of anilines is 1. The molecule has 142 valence electrons. The van der Waals surface area contributed by atoms with Crippen LogP contribution in [0.4, 0.5) is 5.69 Å². The number of amides is 1. The van der Waals surface area contributed by atoms with Gasteiger partial charge in [0.2, 0.25) is 15.9 Å². The van der Waals surface area contributed by atoms with E-state index in [0.717, 1.165) is 5.56 Å². The predicted molar refractivity (Wildman–Crippen MR) is 99.9 cm³/mol. The molecule has 0 aliphatic carbocycles. The van der Waals surface area contributed by atoms with E-state index in [2.05, 4.69) is 4.72 Å². The molecule has 1 aliphatic heterocycles. The fourth-order valence-electron chi connectivity index (χ4n) is 3.38. The maximum Gasteiger partial charge on any atom is 0.326 e. The Balaban J connectivity index is 1.93. The van der Waals surface area contributed by atoms with Crippen LogP contribution in [0.5, 0.6) is 0 Å². The van der Waals surface area contributed by atoms with Crippen LogP contribution >= 0.6 is 0 Å². The summed E-state index contributed by atoms with van der Waals surface area (Å²) >= 11 is 0. The molecule has 0 radical (unpaired) electrons. The zero-order chi connectivity index (χ0) is 19.8. The van der Waals surface area contributed by atoms with E-state index in [0.29, 0.717) is 17.7 Å². The van der Waals surface area contributed by atoms with E-state index in [-0.39, 0.29) is 16.8 Å². The van der Waals surface area contributed by atoms with Gasteiger partial charge in [-0.25, -0.2) is 8.42 Å². The molecule has 8 heteroatoms. The van der Waals surface area contributed by atoms with Gasteiger partial charge in [-0.05, 0) is 42.7 Å². The first-order valence-corrected chi connectivity index (χ1v) is 9.92. The highest BCUT2D eigenvalue weighted by Gasteiger charge is 2.32. The predicted octanol–water partition coefficient (Wildman–Crippen LogP) is 2.09. The number of nitrogens with zero attached hydrogens (tertiary/aromatic N) is 1. The fraction of sp³-hybridized carbons (Fsp3) is 0.263. The summed E-state index contributed by atoms with van der Waals surface area (Å²) in [6, 6.07) is 11.1. The van der Waals surface area contributed by atoms with Gasteiger partial charge < -0.3 is 10.0 Å². The first kappa shape index (κ1) is 19.1. The minimum absolute atomic E-state index is 0.0268. The number of rotatable bonds is 5. The number of carboxylic acids is 1. The van der Waals surface area contributed by atoms with Crippen LogP contribution in [0.3, 0.4) is 0 Å². The Labute approximate surface area is 157 Å². The van der Waals surface area contributed by atoms with Gasteiger partial charge in [-0.15, -0.1) is 0 Å². The summed E-state index contributed by atoms with van der Waals surface area (Å²) in [6.07, 6.45) is 0.541. The van der Waals surface area contributed by atoms with Crippen LogP contribution in [-0.4, -0.2) is 31.4 Å². The molecule has 7 nitrogen and oxygen atoms in total. The Hall–Kier alpha value is -2.71. The zero-order valence-electron chi connectivity index (χ0n) is 14.9. The van der Waals surface area contributed by atoms with Crippen molar-refractivity contribution < 1.29 is 23.1 Å². The van der Waals surface area contributed by atoms with E-state index in [1.807, 2.05) is 6.92 Å². The normalized spacial score (nSPS) is 17.4. The third-order valence-corrected chi connectivity index (χ3v) is 5.99. The van der Waals surface area contributed by atoms with Gasteiger partial charge in [0.15, 0.2) is 0 Å². The molecule has 2 atom stereocenters. The number of aliphatic carboxylic acids is 1. The summed E-state index contributed by atoms with van der Waals surface area (Å²) in [4.78, 5) is 25.0. The number of carbonyl (C=O) groups excluding carboxylic acids is 1. The molecular formula is C19H20N2O5S. The molecule has 2 aromatic carbocycles. The first-order valence-electron chi connectivity index (χ1n) is 8.43. The monoisotopic (exact) mass is 388 g/mol. The van der Waals surface area contributed by atoms with Gasteiger partial charge in [-0.1, -0.05) is 30.3 Å². The van der Waals surface area contributed by atoms with E-state index in [4.69, 9.17) is 0 Å². The van der Waals surface area contributed by atoms with Crippen molar-refractivity contribution in [2.24, 2.45) is 0 Å². The lowest BCUT2D eigenvalue weighted by Crippen LogP contribution is -2.34. The molecule has 1 aliphatic rings. The molecule has 0 bridgehead atoms. The molecule has 27 heavy (non-hydrogen) atoms. The van der Waals surface area contributed by atoms with E-state index < -0.39 is 22.0 Å². The number of nitrogens with one attached hydrogen (secondary N) is 1. The molecule has 0 saturated heterocycles. The maximum atomic E-state index is 12.8. The number of fused-ring (bicyclic) bond motifs is 1. The molecule has 1 unspecified atom stereocenters. The van der Waals surface area contributed by atoms with Crippen LogP contribution in [0.25, 0.3) is 0 Å². The molecule has 0 fully saturated rings. The van der Waals surface area contributed by atoms with Crippen LogP contribution in [0.15, 0.2) is 53.4 Å². The lowest BCUT2D eigenvalue weighted by atomic mass is 10.1. The highest BCUT2D eigenvalue weighted by Crippen LogP contribution is 2.34. The van der Waals surface area contributed by atoms with E-state index in [1.54, 1.807) is 41.3 Å². The highest BCUT2D eigenvalue weighted by molar-refractivity contribution is 7.89. The van der Waals surface area contributed by atoms with Crippen molar-refractivity contribution in [1.29, 1.82) is 0 Å². The van der Waals surface area contributed by atoms with Crippen molar-refractivity contribution in [3.05, 3.63) is 59.7 Å². The van der Waals surface area contributed by atoms with Gasteiger partial charge in [-0.3, -0.25) is 9.59 Å². The van der Waals surface area contributed by atoms with E-state index in [9.17, 15) is 23.1 Å². The second kappa shape index (κ2) is 7.13. The first-order chi connectivity index (χ1) is 12.7. The summed E-state index contributed by atoms with van der Waals surface area (Å²) < 4.78 is 27.8. The van der Waals surface area contributed by atoms with E-state index in [1.165, 1.54) is 19.1 Å². The van der Waals surface area contributed by atoms with Gasteiger partial charge in [0, 0.05) is 18.7 Å². The SMILES string of the molecule is CC(=O)N1c2ccc(S(=O)(=O)N[C@@H](C(=O)O)c3ccccc3)cc2CC1C. The van der Waals surface area contributed by atoms with Crippen LogP contribution in [0, 0.1) is 0 Å². The number of hydrogen-bond donors (Lipinski definition) is 2. The molecule has 1 heterocycles. The minimum atomic E-state index is -4.06. The van der Waals surface area contributed by atoms with Gasteiger partial charge in [-0.2, -0.15) is 4.72 Å². The number of benzene rings is 2. The average molecular weight is 388 g/mol. The van der Waals surface area contributed by atoms with Crippen LogP contribution in [-0.2, 0) is 26.0 Å². The molecule has 0 spiro atoms. The summed E-state index contributed by atoms with van der Waals surface area (Å²) in [6.45, 7) is 3.36. The van der Waals surface area contributed by atoms with Crippen molar-refractivity contribution in [2.75, 3.05) is 4.90 Å². The van der Waals surface area contributed by atoms with Gasteiger partial charge in [0.1, 0.15) is 6.04 Å². The van der Waals surface area contributed by atoms with Gasteiger partial charge in [0.25, 0.3) is 0 Å². The molecule has 3 rings (SSSR count). The Morgan fingerprint density at radius 2 is 1.85 bits per heavy atom. The number of carboxylic acid groups (broad SMARTS) is 1. The zero-order valence-corrected chi connectivity index (χ0v) is 15.7.